The number of amides is 1. The first kappa shape index (κ1) is 24.3. The van der Waals surface area contributed by atoms with E-state index in [4.69, 9.17) is 0 Å². The van der Waals surface area contributed by atoms with Gasteiger partial charge in [-0.2, -0.15) is 0 Å². The van der Waals surface area contributed by atoms with Gasteiger partial charge in [-0.3, -0.25) is 14.7 Å². The Morgan fingerprint density at radius 3 is 2.65 bits per heavy atom. The lowest BCUT2D eigenvalue weighted by Gasteiger charge is -2.20. The third-order valence-corrected chi connectivity index (χ3v) is 8.24. The van der Waals surface area contributed by atoms with Crippen LogP contribution < -0.4 is 4.90 Å². The van der Waals surface area contributed by atoms with Gasteiger partial charge in [-0.05, 0) is 66.3 Å². The largest absolute Gasteiger partial charge is 0.284 e. The number of fused-ring (bicyclic) bond motifs is 1. The van der Waals surface area contributed by atoms with Crippen LogP contribution in [0.25, 0.3) is 10.2 Å². The Kier molecular flexibility index (Phi) is 7.60. The number of sulfone groups is 1. The number of carbonyl (C=O) groups is 1. The molecule has 6 nitrogen and oxygen atoms in total. The van der Waals surface area contributed by atoms with Gasteiger partial charge in [0.05, 0.1) is 21.7 Å². The molecule has 4 rings (SSSR count). The Bertz CT molecular complexity index is 1390. The van der Waals surface area contributed by atoms with Gasteiger partial charge in [-0.25, -0.2) is 17.8 Å². The molecule has 0 N–H and O–H groups in total. The summed E-state index contributed by atoms with van der Waals surface area (Å²) in [5.41, 5.74) is 1.51. The highest BCUT2D eigenvalue weighted by Gasteiger charge is 2.21. The minimum atomic E-state index is -3.34. The Balaban J connectivity index is 1.51. The fourth-order valence-corrected chi connectivity index (χ4v) is 5.85. The molecule has 0 radical (unpaired) electrons. The van der Waals surface area contributed by atoms with E-state index in [0.29, 0.717) is 34.7 Å². The standard InChI is InChI=1S/C24H22FN3O3S3/c1-34(30,31)20-10-11-21-22(14-20)33-24(27-21)28(16-17-4-2-12-26-15-17)23(29)5-3-13-32-19-8-6-18(25)7-9-19/h2,4,6-12,14-15H,3,5,13,16H2,1H3. The van der Waals surface area contributed by atoms with Gasteiger partial charge >= 0.3 is 0 Å². The van der Waals surface area contributed by atoms with Crippen LogP contribution in [0.15, 0.2) is 76.8 Å². The van der Waals surface area contributed by atoms with Crippen molar-refractivity contribution in [3.8, 4) is 0 Å². The lowest BCUT2D eigenvalue weighted by Crippen LogP contribution is -2.30. The molecule has 0 aliphatic rings. The van der Waals surface area contributed by atoms with E-state index in [9.17, 15) is 17.6 Å². The van der Waals surface area contributed by atoms with E-state index < -0.39 is 9.84 Å². The molecular formula is C24H22FN3O3S3. The van der Waals surface area contributed by atoms with Crippen molar-refractivity contribution in [3.63, 3.8) is 0 Å². The molecule has 176 valence electrons. The molecule has 0 spiro atoms. The molecule has 2 heterocycles. The van der Waals surface area contributed by atoms with Crippen LogP contribution in [0, 0.1) is 5.82 Å². The number of pyridine rings is 1. The highest BCUT2D eigenvalue weighted by molar-refractivity contribution is 7.99. The second-order valence-electron chi connectivity index (χ2n) is 7.65. The summed E-state index contributed by atoms with van der Waals surface area (Å²) in [5, 5.41) is 0.515. The van der Waals surface area contributed by atoms with Crippen LogP contribution in [0.4, 0.5) is 9.52 Å². The molecule has 0 atom stereocenters. The predicted molar refractivity (Wildman–Crippen MR) is 135 cm³/mol. The molecule has 34 heavy (non-hydrogen) atoms. The maximum absolute atomic E-state index is 13.2. The van der Waals surface area contributed by atoms with Crippen molar-refractivity contribution in [2.75, 3.05) is 16.9 Å². The zero-order valence-electron chi connectivity index (χ0n) is 18.3. The fraction of sp³-hybridized carbons (Fsp3) is 0.208. The lowest BCUT2D eigenvalue weighted by molar-refractivity contribution is -0.118. The number of anilines is 1. The average molecular weight is 516 g/mol. The van der Waals surface area contributed by atoms with Crippen LogP contribution >= 0.6 is 23.1 Å². The summed E-state index contributed by atoms with van der Waals surface area (Å²) in [7, 11) is -3.34. The summed E-state index contributed by atoms with van der Waals surface area (Å²) in [6.07, 6.45) is 5.51. The van der Waals surface area contributed by atoms with Gasteiger partial charge in [0, 0.05) is 30.0 Å². The Morgan fingerprint density at radius 1 is 1.15 bits per heavy atom. The summed E-state index contributed by atoms with van der Waals surface area (Å²) in [5.74, 6) is 0.367. The first-order chi connectivity index (χ1) is 16.3. The van der Waals surface area contributed by atoms with Gasteiger partial charge in [0.1, 0.15) is 5.82 Å². The molecule has 0 saturated heterocycles. The SMILES string of the molecule is CS(=O)(=O)c1ccc2nc(N(Cc3cccnc3)C(=O)CCCSc3ccc(F)cc3)sc2c1. The van der Waals surface area contributed by atoms with Gasteiger partial charge < -0.3 is 0 Å². The molecule has 10 heteroatoms. The van der Waals surface area contributed by atoms with Gasteiger partial charge in [0.2, 0.25) is 5.91 Å². The van der Waals surface area contributed by atoms with Crippen molar-refractivity contribution in [3.05, 3.63) is 78.4 Å². The highest BCUT2D eigenvalue weighted by Crippen LogP contribution is 2.32. The number of hydrogen-bond donors (Lipinski definition) is 0. The monoisotopic (exact) mass is 515 g/mol. The molecule has 2 aromatic carbocycles. The van der Waals surface area contributed by atoms with Crippen molar-refractivity contribution in [1.29, 1.82) is 0 Å². The summed E-state index contributed by atoms with van der Waals surface area (Å²) in [6.45, 7) is 0.316. The van der Waals surface area contributed by atoms with Crippen molar-refractivity contribution in [2.24, 2.45) is 0 Å². The quantitative estimate of drug-likeness (QED) is 0.221. The van der Waals surface area contributed by atoms with Gasteiger partial charge in [-0.1, -0.05) is 17.4 Å². The summed E-state index contributed by atoms with van der Waals surface area (Å²) < 4.78 is 37.6. The van der Waals surface area contributed by atoms with Crippen LogP contribution in [-0.4, -0.2) is 36.3 Å². The summed E-state index contributed by atoms with van der Waals surface area (Å²) >= 11 is 2.86. The van der Waals surface area contributed by atoms with Gasteiger partial charge in [-0.15, -0.1) is 11.8 Å². The molecule has 0 aliphatic heterocycles. The van der Waals surface area contributed by atoms with E-state index in [2.05, 4.69) is 9.97 Å². The normalized spacial score (nSPS) is 11.6. The number of nitrogens with zero attached hydrogens (tertiary/aromatic N) is 3. The number of thioether (sulfide) groups is 1. The lowest BCUT2D eigenvalue weighted by atomic mass is 10.2. The Morgan fingerprint density at radius 2 is 1.94 bits per heavy atom. The smallest absolute Gasteiger partial charge is 0.229 e. The first-order valence-electron chi connectivity index (χ1n) is 10.5. The molecule has 0 saturated carbocycles. The number of thiazole rings is 1. The fourth-order valence-electron chi connectivity index (χ4n) is 3.25. The Labute approximate surface area is 205 Å². The second kappa shape index (κ2) is 10.6. The van der Waals surface area contributed by atoms with Crippen molar-refractivity contribution in [1.82, 2.24) is 9.97 Å². The topological polar surface area (TPSA) is 80.2 Å². The van der Waals surface area contributed by atoms with Crippen LogP contribution in [-0.2, 0) is 21.2 Å². The van der Waals surface area contributed by atoms with Crippen molar-refractivity contribution in [2.45, 2.75) is 29.2 Å². The third kappa shape index (κ3) is 6.19. The highest BCUT2D eigenvalue weighted by atomic mass is 32.2. The molecule has 0 aliphatic carbocycles. The van der Waals surface area contributed by atoms with Crippen LogP contribution in [0.2, 0.25) is 0 Å². The average Bonchev–Trinajstić information content (AvgIpc) is 3.24. The predicted octanol–water partition coefficient (Wildman–Crippen LogP) is 5.34. The number of hydrogen-bond acceptors (Lipinski definition) is 7. The third-order valence-electron chi connectivity index (χ3n) is 4.99. The van der Waals surface area contributed by atoms with Gasteiger partial charge in [0.25, 0.3) is 0 Å². The van der Waals surface area contributed by atoms with E-state index in [-0.39, 0.29) is 16.6 Å². The van der Waals surface area contributed by atoms with Crippen LogP contribution in [0.1, 0.15) is 18.4 Å². The van der Waals surface area contributed by atoms with Crippen LogP contribution in [0.3, 0.4) is 0 Å². The summed E-state index contributed by atoms with van der Waals surface area (Å²) in [6, 6.07) is 14.8. The minimum Gasteiger partial charge on any atom is -0.284 e. The van der Waals surface area contributed by atoms with Crippen molar-refractivity contribution >= 4 is 54.2 Å². The minimum absolute atomic E-state index is 0.0778. The first-order valence-corrected chi connectivity index (χ1v) is 14.2. The van der Waals surface area contributed by atoms with Crippen molar-refractivity contribution < 1.29 is 17.6 Å². The van der Waals surface area contributed by atoms with E-state index in [1.165, 1.54) is 29.5 Å². The van der Waals surface area contributed by atoms with E-state index >= 15 is 0 Å². The molecule has 0 bridgehead atoms. The maximum Gasteiger partial charge on any atom is 0.229 e. The molecule has 0 fully saturated rings. The molecule has 1 amide bonds. The molecule has 2 aromatic heterocycles. The van der Waals surface area contributed by atoms with E-state index in [1.54, 1.807) is 53.3 Å². The number of benzene rings is 2. The zero-order chi connectivity index (χ0) is 24.1. The van der Waals surface area contributed by atoms with Crippen LogP contribution in [0.5, 0.6) is 0 Å². The molecule has 4 aromatic rings. The zero-order valence-corrected chi connectivity index (χ0v) is 20.8. The van der Waals surface area contributed by atoms with E-state index in [1.807, 2.05) is 12.1 Å². The molecule has 0 unspecified atom stereocenters. The number of aromatic nitrogens is 2. The summed E-state index contributed by atoms with van der Waals surface area (Å²) in [4.78, 5) is 24.8. The maximum atomic E-state index is 13.2. The van der Waals surface area contributed by atoms with Gasteiger partial charge in [0.15, 0.2) is 15.0 Å². The number of carbonyl (C=O) groups excluding carboxylic acids is 1. The Hall–Kier alpha value is -2.82. The number of rotatable bonds is 9. The second-order valence-corrected chi connectivity index (χ2v) is 11.8. The molecular weight excluding hydrogens is 493 g/mol. The number of halogens is 1. The van der Waals surface area contributed by atoms with E-state index in [0.717, 1.165) is 22.5 Å².